The van der Waals surface area contributed by atoms with E-state index in [4.69, 9.17) is 47.4 Å². The Morgan fingerprint density at radius 1 is 0.438 bits per heavy atom. The summed E-state index contributed by atoms with van der Waals surface area (Å²) in [5, 5.41) is 6.17. The third kappa shape index (κ3) is 13.0. The maximum absolute atomic E-state index is 13.5. The highest BCUT2D eigenvalue weighted by Crippen LogP contribution is 2.34. The molecule has 8 rings (SSSR count). The second kappa shape index (κ2) is 22.0. The van der Waals surface area contributed by atoms with E-state index in [9.17, 15) is 9.59 Å². The van der Waals surface area contributed by atoms with E-state index < -0.39 is 11.9 Å². The van der Waals surface area contributed by atoms with E-state index in [2.05, 4.69) is 40.5 Å². The van der Waals surface area contributed by atoms with E-state index in [0.717, 1.165) is 11.1 Å². The first-order chi connectivity index (χ1) is 31.5. The van der Waals surface area contributed by atoms with Crippen molar-refractivity contribution in [2.24, 2.45) is 0 Å². The van der Waals surface area contributed by atoms with Gasteiger partial charge in [0.1, 0.15) is 36.2 Å². The van der Waals surface area contributed by atoms with Crippen LogP contribution in [0.4, 0.5) is 11.9 Å². The highest BCUT2D eigenvalue weighted by atomic mass is 16.6. The lowest BCUT2D eigenvalue weighted by atomic mass is 10.2. The van der Waals surface area contributed by atoms with Gasteiger partial charge in [-0.25, -0.2) is 9.59 Å². The van der Waals surface area contributed by atoms with Gasteiger partial charge in [0, 0.05) is 25.2 Å². The molecule has 64 heavy (non-hydrogen) atoms. The number of anilines is 2. The summed E-state index contributed by atoms with van der Waals surface area (Å²) in [6.45, 7) is 3.29. The summed E-state index contributed by atoms with van der Waals surface area (Å²) in [7, 11) is 0. The maximum Gasteiger partial charge on any atom is 0.338 e. The molecule has 20 heteroatoms. The van der Waals surface area contributed by atoms with Crippen LogP contribution in [-0.4, -0.2) is 108 Å². The number of hydrogen-bond acceptors (Lipinski definition) is 20. The molecule has 0 saturated carbocycles. The second-order valence-electron chi connectivity index (χ2n) is 13.7. The number of aromatic nitrogens is 6. The number of carbonyl (C=O) groups is 2. The van der Waals surface area contributed by atoms with Crippen molar-refractivity contribution >= 4 is 23.8 Å². The number of esters is 2. The molecular weight excluding hydrogens is 833 g/mol. The number of nitrogens with zero attached hydrogens (tertiary/aromatic N) is 6. The Morgan fingerprint density at radius 3 is 1.11 bits per heavy atom. The Bertz CT molecular complexity index is 2250. The standard InChI is InChI=1S/C44H42N8O12/c53-37(59-27-29-7-3-1-4-8-29)31-21-33-25-34(22-31)62-42-48-40-46-12-14-56-16-18-58-20-19-57-17-15-55-13-11-45-39-47-41(61-33)51-43(49-39)63-35-23-32(24-36(26-35)64-44(50-40)52-42)38(54)60-28-30-9-5-2-6-10-30/h1-10,21-26H,11-20,27-28H2,(H,45,47,49,51)(H,46,48,50,52). The molecule has 4 aromatic carbocycles. The van der Waals surface area contributed by atoms with Gasteiger partial charge in [-0.15, -0.1) is 9.97 Å². The molecule has 2 aliphatic heterocycles. The van der Waals surface area contributed by atoms with Gasteiger partial charge in [0.15, 0.2) is 0 Å². The van der Waals surface area contributed by atoms with Gasteiger partial charge in [0.25, 0.3) is 0 Å². The largest absolute Gasteiger partial charge is 0.457 e. The van der Waals surface area contributed by atoms with Gasteiger partial charge in [0.2, 0.25) is 11.9 Å². The van der Waals surface area contributed by atoms with Crippen LogP contribution in [0.15, 0.2) is 97.1 Å². The molecule has 2 aliphatic rings. The van der Waals surface area contributed by atoms with Crippen molar-refractivity contribution in [3.63, 3.8) is 0 Å². The smallest absolute Gasteiger partial charge is 0.338 e. The molecule has 0 atom stereocenters. The number of ether oxygens (including phenoxy) is 10. The van der Waals surface area contributed by atoms with Gasteiger partial charge in [0.05, 0.1) is 64.0 Å². The molecule has 0 unspecified atom stereocenters. The minimum absolute atomic E-state index is 0.00737. The molecular formula is C44H42N8O12. The molecule has 2 N–H and O–H groups in total. The van der Waals surface area contributed by atoms with E-state index in [1.54, 1.807) is 0 Å². The summed E-state index contributed by atoms with van der Waals surface area (Å²) in [6, 6.07) is 26.2. The van der Waals surface area contributed by atoms with Crippen molar-refractivity contribution in [2.45, 2.75) is 13.2 Å². The van der Waals surface area contributed by atoms with Crippen LogP contribution in [0.3, 0.4) is 0 Å². The lowest BCUT2D eigenvalue weighted by Crippen LogP contribution is -2.16. The third-order valence-electron chi connectivity index (χ3n) is 8.86. The average Bonchev–Trinajstić information content (AvgIpc) is 3.29. The molecule has 0 fully saturated rings. The fraction of sp³-hybridized carbons (Fsp3) is 0.273. The van der Waals surface area contributed by atoms with E-state index in [0.29, 0.717) is 39.6 Å². The second-order valence-corrected chi connectivity index (χ2v) is 13.7. The highest BCUT2D eigenvalue weighted by molar-refractivity contribution is 5.91. The fourth-order valence-electron chi connectivity index (χ4n) is 5.90. The van der Waals surface area contributed by atoms with Crippen LogP contribution in [-0.2, 0) is 41.6 Å². The van der Waals surface area contributed by atoms with Crippen molar-refractivity contribution in [1.82, 2.24) is 29.9 Å². The van der Waals surface area contributed by atoms with E-state index >= 15 is 0 Å². The maximum atomic E-state index is 13.5. The number of benzene rings is 4. The Morgan fingerprint density at radius 2 is 0.766 bits per heavy atom. The van der Waals surface area contributed by atoms with Crippen molar-refractivity contribution < 1.29 is 57.0 Å². The number of nitrogens with one attached hydrogen (secondary N) is 2. The molecule has 10 bridgehead atoms. The number of fused-ring (bicyclic) bond motifs is 6. The predicted molar refractivity (Wildman–Crippen MR) is 224 cm³/mol. The fourth-order valence-corrected chi connectivity index (χ4v) is 5.90. The van der Waals surface area contributed by atoms with Gasteiger partial charge in [-0.05, 0) is 35.4 Å². The Labute approximate surface area is 366 Å². The Kier molecular flexibility index (Phi) is 14.8. The van der Waals surface area contributed by atoms with Gasteiger partial charge >= 0.3 is 36.0 Å². The zero-order valence-corrected chi connectivity index (χ0v) is 34.3. The van der Waals surface area contributed by atoms with Crippen molar-refractivity contribution in [2.75, 3.05) is 76.6 Å². The Hall–Kier alpha value is -7.52. The summed E-state index contributed by atoms with van der Waals surface area (Å²) in [5.41, 5.74) is 1.69. The molecule has 0 saturated heterocycles. The SMILES string of the molecule is O=C(OCc1ccccc1)c1cc2cc(c1)Oc1nc3nc(n1)Oc1cc(cc(C(=O)OCc4ccccc4)c1)Oc1nc(nc(n1)O2)NCCOCCOCCOCCOCCN3. The lowest BCUT2D eigenvalue weighted by Gasteiger charge is -2.15. The molecule has 0 spiro atoms. The first-order valence-electron chi connectivity index (χ1n) is 20.2. The zero-order chi connectivity index (χ0) is 43.8. The predicted octanol–water partition coefficient (Wildman–Crippen LogP) is 6.16. The van der Waals surface area contributed by atoms with Crippen LogP contribution in [0, 0.1) is 0 Å². The molecule has 6 aromatic rings. The molecule has 330 valence electrons. The number of hydrogen-bond donors (Lipinski definition) is 2. The summed E-state index contributed by atoms with van der Waals surface area (Å²) >= 11 is 0. The van der Waals surface area contributed by atoms with E-state index in [1.165, 1.54) is 36.4 Å². The molecule has 4 heterocycles. The first-order valence-corrected chi connectivity index (χ1v) is 20.2. The van der Waals surface area contributed by atoms with Crippen LogP contribution in [0.25, 0.3) is 0 Å². The highest BCUT2D eigenvalue weighted by Gasteiger charge is 2.21. The van der Waals surface area contributed by atoms with Gasteiger partial charge in [-0.3, -0.25) is 0 Å². The molecule has 20 nitrogen and oxygen atoms in total. The molecule has 0 aliphatic carbocycles. The van der Waals surface area contributed by atoms with E-state index in [-0.39, 0.29) is 110 Å². The Balaban J connectivity index is 1.17. The molecule has 0 radical (unpaired) electrons. The summed E-state index contributed by atoms with van der Waals surface area (Å²) < 4.78 is 58.6. The van der Waals surface area contributed by atoms with Crippen molar-refractivity contribution in [3.05, 3.63) is 119 Å². The molecule has 0 amide bonds. The van der Waals surface area contributed by atoms with Gasteiger partial charge in [-0.1, -0.05) is 60.7 Å². The van der Waals surface area contributed by atoms with Crippen LogP contribution < -0.4 is 29.6 Å². The number of rotatable bonds is 6. The summed E-state index contributed by atoms with van der Waals surface area (Å²) in [5.74, 6) is -0.994. The summed E-state index contributed by atoms with van der Waals surface area (Å²) in [6.07, 6.45) is 0. The zero-order valence-electron chi connectivity index (χ0n) is 34.3. The van der Waals surface area contributed by atoms with Crippen molar-refractivity contribution in [1.29, 1.82) is 0 Å². The topological polar surface area (TPSA) is 228 Å². The van der Waals surface area contributed by atoms with Crippen LogP contribution in [0.5, 0.6) is 47.0 Å². The van der Waals surface area contributed by atoms with Gasteiger partial charge in [-0.2, -0.15) is 19.9 Å². The first kappa shape index (κ1) is 43.1. The van der Waals surface area contributed by atoms with Crippen LogP contribution in [0.2, 0.25) is 0 Å². The van der Waals surface area contributed by atoms with Crippen LogP contribution in [0.1, 0.15) is 31.8 Å². The summed E-state index contributed by atoms with van der Waals surface area (Å²) in [4.78, 5) is 53.7. The molecule has 2 aromatic heterocycles. The minimum atomic E-state index is -0.680. The minimum Gasteiger partial charge on any atom is -0.457 e. The quantitative estimate of drug-likeness (QED) is 0.178. The third-order valence-corrected chi connectivity index (χ3v) is 8.86. The van der Waals surface area contributed by atoms with Crippen molar-refractivity contribution in [3.8, 4) is 47.0 Å². The van der Waals surface area contributed by atoms with Gasteiger partial charge < -0.3 is 58.0 Å². The average molecular weight is 875 g/mol. The van der Waals surface area contributed by atoms with E-state index in [1.807, 2.05) is 60.7 Å². The number of carbonyl (C=O) groups excluding carboxylic acids is 2. The van der Waals surface area contributed by atoms with Crippen LogP contribution >= 0.6 is 0 Å². The lowest BCUT2D eigenvalue weighted by molar-refractivity contribution is 0.000282. The monoisotopic (exact) mass is 874 g/mol. The normalized spacial score (nSPS) is 14.7.